The van der Waals surface area contributed by atoms with E-state index < -0.39 is 60.4 Å². The van der Waals surface area contributed by atoms with Gasteiger partial charge in [0.05, 0.1) is 55.0 Å². The number of alkyl carbamates (subject to hydrolysis) is 1. The van der Waals surface area contributed by atoms with Crippen LogP contribution in [0.5, 0.6) is 0 Å². The van der Waals surface area contributed by atoms with E-state index in [2.05, 4.69) is 60.7 Å². The van der Waals surface area contributed by atoms with Gasteiger partial charge in [-0.3, -0.25) is 19.2 Å². The Balaban J connectivity index is 0.000000207. The largest absolute Gasteiger partial charge is 0.494 e. The number of nitrogens with zero attached hydrogens (tertiary/aromatic N) is 2. The zero-order valence-electron chi connectivity index (χ0n) is 47.5. The van der Waals surface area contributed by atoms with Gasteiger partial charge < -0.3 is 54.0 Å². The van der Waals surface area contributed by atoms with E-state index >= 15 is 0 Å². The molecule has 8 rings (SSSR count). The van der Waals surface area contributed by atoms with Gasteiger partial charge in [-0.1, -0.05) is 88.4 Å². The van der Waals surface area contributed by atoms with Gasteiger partial charge in [0, 0.05) is 25.2 Å². The van der Waals surface area contributed by atoms with E-state index in [1.165, 1.54) is 19.1 Å². The number of amides is 3. The van der Waals surface area contributed by atoms with Crippen molar-refractivity contribution in [2.75, 3.05) is 33.0 Å². The molecule has 0 radical (unpaired) electrons. The number of nitrogens with two attached hydrogens (primary N) is 1. The van der Waals surface area contributed by atoms with Crippen molar-refractivity contribution >= 4 is 88.0 Å². The van der Waals surface area contributed by atoms with Gasteiger partial charge in [-0.2, -0.15) is 0 Å². The highest BCUT2D eigenvalue weighted by atomic mass is 16.7. The quantitative estimate of drug-likeness (QED) is 0.0683. The predicted octanol–water partition coefficient (Wildman–Crippen LogP) is 7.24. The van der Waals surface area contributed by atoms with E-state index in [9.17, 15) is 28.8 Å². The maximum Gasteiger partial charge on any atom is 0.494 e. The number of benzene rings is 4. The van der Waals surface area contributed by atoms with E-state index in [1.807, 2.05) is 110 Å². The van der Waals surface area contributed by atoms with Crippen LogP contribution in [0.2, 0.25) is 0 Å². The maximum atomic E-state index is 13.3. The van der Waals surface area contributed by atoms with Gasteiger partial charge in [-0.25, -0.2) is 9.59 Å². The first-order chi connectivity index (χ1) is 36.0. The Morgan fingerprint density at radius 1 is 0.636 bits per heavy atom. The Morgan fingerprint density at radius 3 is 1.56 bits per heavy atom. The van der Waals surface area contributed by atoms with Crippen molar-refractivity contribution in [3.8, 4) is 0 Å². The molecule has 19 heteroatoms. The molecule has 4 atom stereocenters. The van der Waals surface area contributed by atoms with Gasteiger partial charge >= 0.3 is 32.3 Å². The Morgan fingerprint density at radius 2 is 1.09 bits per heavy atom. The maximum absolute atomic E-state index is 13.3. The second-order valence-electron chi connectivity index (χ2n) is 23.3. The molecule has 17 nitrogen and oxygen atoms in total. The third-order valence-electron chi connectivity index (χ3n) is 16.1. The summed E-state index contributed by atoms with van der Waals surface area (Å²) in [6.07, 6.45) is 2.12. The number of likely N-dealkylation sites (tertiary alicyclic amines) is 2. The summed E-state index contributed by atoms with van der Waals surface area (Å²) in [5, 5.41) is 16.1. The molecule has 3 amide bonds. The molecule has 1 unspecified atom stereocenters. The number of Topliss-reactive ketones (excluding diaryl/α,β-unsaturated/α-hetero) is 1. The standard InChI is InChI=1S/C29H39BN2O6.C16H20BNO2.C13H21NO5/c1-18(2)25(31-27(35)36-7)26(34)32-14-8-9-23(32)24(33)16-19-10-11-21-17-22(13-12-20(21)15-19)30-37-28(3,4)29(5,6)38-30;1-15(2)16(3,4)20-17(19-15)13-7-5-12-10-14(18)8-6-11(12)9-13;1-8(2)9(7-11(15)19-3)12(16)14-6-4-5-10(14)13(17)18/h10-13,15,17-18,23,25H,8-9,14,16H2,1-7H3,(H,31,35);5-10H,18H2,1-4H3;8-10H,4-7H2,1-3H3,(H,17,18)/t23-,25-;;9-,10?/m0.0/s1. The summed E-state index contributed by atoms with van der Waals surface area (Å²) in [6.45, 7) is 24.8. The van der Waals surface area contributed by atoms with Gasteiger partial charge in [0.2, 0.25) is 11.8 Å². The second-order valence-corrected chi connectivity index (χ2v) is 23.3. The average molecular weight is 1060 g/mol. The van der Waals surface area contributed by atoms with Crippen LogP contribution in [0.3, 0.4) is 0 Å². The lowest BCUT2D eigenvalue weighted by molar-refractivity contribution is -0.153. The van der Waals surface area contributed by atoms with Crippen LogP contribution < -0.4 is 22.0 Å². The number of carboxylic acids is 1. The van der Waals surface area contributed by atoms with Crippen molar-refractivity contribution in [2.24, 2.45) is 17.8 Å². The van der Waals surface area contributed by atoms with Crippen LogP contribution in [0.25, 0.3) is 21.5 Å². The number of hydrogen-bond acceptors (Lipinski definition) is 13. The van der Waals surface area contributed by atoms with Gasteiger partial charge in [0.15, 0.2) is 5.78 Å². The summed E-state index contributed by atoms with van der Waals surface area (Å²) in [5.74, 6) is -2.62. The lowest BCUT2D eigenvalue weighted by Gasteiger charge is -2.32. The molecular formula is C58H80B2N4O13. The molecule has 0 saturated carbocycles. The fourth-order valence-corrected chi connectivity index (χ4v) is 9.89. The van der Waals surface area contributed by atoms with Crippen molar-refractivity contribution in [2.45, 2.75) is 162 Å². The molecule has 4 aliphatic rings. The number of rotatable bonds is 13. The number of nitrogens with one attached hydrogen (secondary N) is 1. The van der Waals surface area contributed by atoms with Crippen molar-refractivity contribution in [3.05, 3.63) is 78.4 Å². The van der Waals surface area contributed by atoms with Gasteiger partial charge in [-0.05, 0) is 143 Å². The minimum atomic E-state index is -0.980. The molecule has 0 spiro atoms. The summed E-state index contributed by atoms with van der Waals surface area (Å²) in [4.78, 5) is 76.3. The molecule has 0 bridgehead atoms. The highest BCUT2D eigenvalue weighted by molar-refractivity contribution is 6.63. The molecule has 4 fully saturated rings. The molecule has 4 aliphatic heterocycles. The summed E-state index contributed by atoms with van der Waals surface area (Å²) in [7, 11) is 1.79. The summed E-state index contributed by atoms with van der Waals surface area (Å²) < 4.78 is 33.8. The van der Waals surface area contributed by atoms with E-state index in [-0.39, 0.29) is 60.6 Å². The van der Waals surface area contributed by atoms with Gasteiger partial charge in [0.1, 0.15) is 12.1 Å². The monoisotopic (exact) mass is 1060 g/mol. The number of ether oxygens (including phenoxy) is 2. The molecule has 4 saturated heterocycles. The van der Waals surface area contributed by atoms with Gasteiger partial charge in [0.25, 0.3) is 0 Å². The van der Waals surface area contributed by atoms with Crippen LogP contribution in [0.1, 0.15) is 121 Å². The minimum Gasteiger partial charge on any atom is -0.480 e. The van der Waals surface area contributed by atoms with E-state index in [4.69, 9.17) is 29.5 Å². The Hall–Kier alpha value is -6.01. The number of carbonyl (C=O) groups excluding carboxylic acids is 5. The van der Waals surface area contributed by atoms with E-state index in [0.717, 1.165) is 50.1 Å². The average Bonchev–Trinajstić information content (AvgIpc) is 4.16. The number of fused-ring (bicyclic) bond motifs is 2. The van der Waals surface area contributed by atoms with Crippen LogP contribution >= 0.6 is 0 Å². The number of aliphatic carboxylic acids is 1. The van der Waals surface area contributed by atoms with Crippen molar-refractivity contribution in [1.29, 1.82) is 0 Å². The highest BCUT2D eigenvalue weighted by Crippen LogP contribution is 2.38. The molecule has 0 aliphatic carbocycles. The number of nitrogen functional groups attached to an aromatic ring is 1. The molecule has 4 heterocycles. The first-order valence-corrected chi connectivity index (χ1v) is 26.8. The lowest BCUT2D eigenvalue weighted by Crippen LogP contribution is -2.53. The molecular weight excluding hydrogens is 982 g/mol. The Bertz CT molecular complexity index is 2780. The summed E-state index contributed by atoms with van der Waals surface area (Å²) in [5.41, 5.74) is 8.05. The van der Waals surface area contributed by atoms with Crippen molar-refractivity contribution in [3.63, 3.8) is 0 Å². The van der Waals surface area contributed by atoms with Crippen molar-refractivity contribution in [1.82, 2.24) is 15.1 Å². The highest BCUT2D eigenvalue weighted by Gasteiger charge is 2.53. The van der Waals surface area contributed by atoms with Crippen LogP contribution in [-0.2, 0) is 58.5 Å². The topological polar surface area (TPSA) is 223 Å². The number of esters is 1. The Labute approximate surface area is 454 Å². The first kappa shape index (κ1) is 60.2. The van der Waals surface area contributed by atoms with E-state index in [0.29, 0.717) is 32.4 Å². The third-order valence-corrected chi connectivity index (χ3v) is 16.1. The molecule has 4 aromatic carbocycles. The number of ketones is 1. The lowest BCUT2D eigenvalue weighted by atomic mass is 9.78. The Kier molecular flexibility index (Phi) is 19.0. The zero-order valence-corrected chi connectivity index (χ0v) is 47.5. The van der Waals surface area contributed by atoms with Crippen LogP contribution in [0.15, 0.2) is 72.8 Å². The number of carboxylic acid groups (broad SMARTS) is 1. The third kappa shape index (κ3) is 14.0. The zero-order chi connectivity index (χ0) is 56.9. The fourth-order valence-electron chi connectivity index (χ4n) is 9.89. The SMILES string of the molecule is CC1(C)OB(c2ccc3cc(N)ccc3c2)OC1(C)C.COC(=O)C[C@H](C(=O)N1CCCC1C(=O)O)C(C)C.COC(=O)N[C@H](C(=O)N1CCC[C@H]1C(=O)Cc1ccc2cc(B3OC(C)(C)C(C)(C)O3)ccc2c1)C(C)C. The van der Waals surface area contributed by atoms with E-state index in [1.54, 1.807) is 4.90 Å². The van der Waals surface area contributed by atoms with Crippen molar-refractivity contribution < 1.29 is 62.0 Å². The predicted molar refractivity (Wildman–Crippen MR) is 299 cm³/mol. The molecule has 77 heavy (non-hydrogen) atoms. The van der Waals surface area contributed by atoms with Crippen LogP contribution in [0, 0.1) is 17.8 Å². The van der Waals surface area contributed by atoms with Crippen LogP contribution in [-0.4, -0.2) is 133 Å². The fraction of sp³-hybridized carbons (Fsp3) is 0.552. The smallest absolute Gasteiger partial charge is 0.480 e. The molecule has 4 N–H and O–H groups in total. The number of carbonyl (C=O) groups is 6. The first-order valence-electron chi connectivity index (χ1n) is 26.8. The normalized spacial score (nSPS) is 20.8. The number of anilines is 1. The summed E-state index contributed by atoms with van der Waals surface area (Å²) in [6, 6.07) is 22.2. The molecule has 0 aromatic heterocycles. The second kappa shape index (κ2) is 24.3. The molecule has 4 aromatic rings. The summed E-state index contributed by atoms with van der Waals surface area (Å²) >= 11 is 0. The number of methoxy groups -OCH3 is 2. The molecule has 416 valence electrons. The van der Waals surface area contributed by atoms with Gasteiger partial charge in [-0.15, -0.1) is 0 Å². The van der Waals surface area contributed by atoms with Crippen LogP contribution in [0.4, 0.5) is 10.5 Å². The minimum absolute atomic E-state index is 0.00413. The number of hydrogen-bond donors (Lipinski definition) is 3.